The van der Waals surface area contributed by atoms with Gasteiger partial charge in [0.1, 0.15) is 5.58 Å². The number of para-hydroxylation sites is 1. The molecule has 0 bridgehead atoms. The largest absolute Gasteiger partial charge is 0.440 e. The third-order valence-electron chi connectivity index (χ3n) is 3.29. The molecule has 0 atom stereocenters. The lowest BCUT2D eigenvalue weighted by Gasteiger charge is -2.27. The summed E-state index contributed by atoms with van der Waals surface area (Å²) >= 11 is 5.42. The molecule has 0 unspecified atom stereocenters. The Hall–Kier alpha value is -1.35. The molecule has 1 fully saturated rings. The molecule has 0 spiro atoms. The third kappa shape index (κ3) is 2.07. The minimum absolute atomic E-state index is 0.882. The normalized spacial score (nSPS) is 16.4. The molecular weight excluding hydrogens is 230 g/mol. The van der Waals surface area contributed by atoms with Gasteiger partial charge in [-0.15, -0.1) is 0 Å². The molecular formula is C14H15NOS. The van der Waals surface area contributed by atoms with Gasteiger partial charge in [-0.1, -0.05) is 24.4 Å². The molecule has 1 aromatic heterocycles. The fourth-order valence-corrected chi connectivity index (χ4v) is 2.63. The van der Waals surface area contributed by atoms with E-state index in [4.69, 9.17) is 16.6 Å². The second-order valence-corrected chi connectivity index (χ2v) is 4.93. The Kier molecular flexibility index (Phi) is 2.85. The predicted octanol–water partition coefficient (Wildman–Crippen LogP) is 4.15. The molecule has 0 N–H and O–H groups in total. The van der Waals surface area contributed by atoms with Crippen LogP contribution in [0.5, 0.6) is 0 Å². The van der Waals surface area contributed by atoms with Crippen LogP contribution >= 0.6 is 12.2 Å². The molecule has 1 aliphatic heterocycles. The molecule has 0 aliphatic carbocycles. The van der Waals surface area contributed by atoms with Crippen LogP contribution in [0.15, 0.2) is 34.7 Å². The monoisotopic (exact) mass is 245 g/mol. The first-order valence-electron chi connectivity index (χ1n) is 6.12. The van der Waals surface area contributed by atoms with Crippen LogP contribution in [0.4, 0.5) is 5.88 Å². The van der Waals surface area contributed by atoms with Gasteiger partial charge in [-0.2, -0.15) is 0 Å². The smallest absolute Gasteiger partial charge is 0.197 e. The summed E-state index contributed by atoms with van der Waals surface area (Å²) in [5.41, 5.74) is 0.889. The number of anilines is 1. The molecule has 17 heavy (non-hydrogen) atoms. The lowest BCUT2D eigenvalue weighted by Crippen LogP contribution is -2.29. The van der Waals surface area contributed by atoms with Crippen molar-refractivity contribution < 1.29 is 4.42 Å². The van der Waals surface area contributed by atoms with E-state index < -0.39 is 0 Å². The lowest BCUT2D eigenvalue weighted by atomic mass is 10.1. The lowest BCUT2D eigenvalue weighted by molar-refractivity contribution is 0.513. The van der Waals surface area contributed by atoms with E-state index in [2.05, 4.69) is 4.90 Å². The molecule has 3 rings (SSSR count). The Balaban J connectivity index is 2.08. The number of nitrogens with zero attached hydrogens (tertiary/aromatic N) is 1. The second-order valence-electron chi connectivity index (χ2n) is 4.49. The molecule has 1 aromatic carbocycles. The highest BCUT2D eigenvalue weighted by Crippen LogP contribution is 2.25. The highest BCUT2D eigenvalue weighted by molar-refractivity contribution is 7.71. The van der Waals surface area contributed by atoms with Crippen molar-refractivity contribution in [2.75, 3.05) is 18.0 Å². The summed E-state index contributed by atoms with van der Waals surface area (Å²) in [7, 11) is 0. The molecule has 2 nitrogen and oxygen atoms in total. The van der Waals surface area contributed by atoms with E-state index in [1.165, 1.54) is 19.3 Å². The summed E-state index contributed by atoms with van der Waals surface area (Å²) in [6.45, 7) is 2.16. The predicted molar refractivity (Wildman–Crippen MR) is 73.1 cm³/mol. The number of hydrogen-bond donors (Lipinski definition) is 0. The average molecular weight is 245 g/mol. The average Bonchev–Trinajstić information content (AvgIpc) is 2.40. The van der Waals surface area contributed by atoms with E-state index in [1.54, 1.807) is 0 Å². The number of hydrogen-bond acceptors (Lipinski definition) is 3. The number of piperidine rings is 1. The maximum absolute atomic E-state index is 5.94. The van der Waals surface area contributed by atoms with Gasteiger partial charge in [0.05, 0.1) is 4.51 Å². The van der Waals surface area contributed by atoms with Crippen LogP contribution in [-0.2, 0) is 0 Å². The summed E-state index contributed by atoms with van der Waals surface area (Å²) < 4.78 is 6.82. The van der Waals surface area contributed by atoms with Gasteiger partial charge in [-0.25, -0.2) is 0 Å². The van der Waals surface area contributed by atoms with Crippen LogP contribution in [-0.4, -0.2) is 13.1 Å². The maximum atomic E-state index is 5.94. The van der Waals surface area contributed by atoms with Gasteiger partial charge in [-0.3, -0.25) is 0 Å². The number of fused-ring (bicyclic) bond motifs is 1. The Morgan fingerprint density at radius 2 is 1.82 bits per heavy atom. The Morgan fingerprint density at radius 3 is 2.65 bits per heavy atom. The minimum atomic E-state index is 0.882. The summed E-state index contributed by atoms with van der Waals surface area (Å²) in [6, 6.07) is 9.97. The van der Waals surface area contributed by atoms with Crippen molar-refractivity contribution in [3.8, 4) is 0 Å². The molecule has 3 heteroatoms. The Morgan fingerprint density at radius 1 is 1.06 bits per heavy atom. The SMILES string of the molecule is S=c1cc(N2CCCCC2)oc2ccccc12. The highest BCUT2D eigenvalue weighted by atomic mass is 32.1. The quantitative estimate of drug-likeness (QED) is 0.702. The first-order chi connectivity index (χ1) is 8.34. The Bertz CT molecular complexity index is 584. The fourth-order valence-electron chi connectivity index (χ4n) is 2.36. The standard InChI is InChI=1S/C14H15NOS/c17-13-10-14(15-8-4-1-5-9-15)16-12-7-3-2-6-11(12)13/h2-3,6-7,10H,1,4-5,8-9H2. The van der Waals surface area contributed by atoms with Crippen molar-refractivity contribution in [1.82, 2.24) is 0 Å². The molecule has 1 saturated heterocycles. The zero-order valence-corrected chi connectivity index (χ0v) is 10.5. The molecule has 1 aliphatic rings. The van der Waals surface area contributed by atoms with Crippen molar-refractivity contribution in [2.45, 2.75) is 19.3 Å². The molecule has 88 valence electrons. The molecule has 0 radical (unpaired) electrons. The summed E-state index contributed by atoms with van der Waals surface area (Å²) in [5.74, 6) is 0.924. The van der Waals surface area contributed by atoms with E-state index in [0.29, 0.717) is 0 Å². The highest BCUT2D eigenvalue weighted by Gasteiger charge is 2.13. The van der Waals surface area contributed by atoms with Gasteiger partial charge in [0.25, 0.3) is 0 Å². The first-order valence-corrected chi connectivity index (χ1v) is 6.53. The van der Waals surface area contributed by atoms with Gasteiger partial charge in [0, 0.05) is 24.5 Å². The van der Waals surface area contributed by atoms with Crippen LogP contribution in [0.2, 0.25) is 0 Å². The maximum Gasteiger partial charge on any atom is 0.197 e. The molecule has 2 heterocycles. The molecule has 0 amide bonds. The van der Waals surface area contributed by atoms with Crippen LogP contribution in [0.25, 0.3) is 11.0 Å². The summed E-state index contributed by atoms with van der Waals surface area (Å²) in [5, 5.41) is 1.03. The third-order valence-corrected chi connectivity index (χ3v) is 3.63. The van der Waals surface area contributed by atoms with Crippen molar-refractivity contribution in [3.05, 3.63) is 34.8 Å². The minimum Gasteiger partial charge on any atom is -0.440 e. The van der Waals surface area contributed by atoms with Gasteiger partial charge < -0.3 is 9.32 Å². The fraction of sp³-hybridized carbons (Fsp3) is 0.357. The zero-order chi connectivity index (χ0) is 11.7. The van der Waals surface area contributed by atoms with E-state index in [9.17, 15) is 0 Å². The first kappa shape index (κ1) is 10.8. The van der Waals surface area contributed by atoms with E-state index in [1.807, 2.05) is 30.3 Å². The van der Waals surface area contributed by atoms with Crippen molar-refractivity contribution >= 4 is 29.1 Å². The van der Waals surface area contributed by atoms with Gasteiger partial charge in [-0.05, 0) is 31.4 Å². The van der Waals surface area contributed by atoms with Crippen molar-refractivity contribution in [2.24, 2.45) is 0 Å². The number of benzene rings is 1. The molecule has 2 aromatic rings. The van der Waals surface area contributed by atoms with Crippen molar-refractivity contribution in [1.29, 1.82) is 0 Å². The van der Waals surface area contributed by atoms with Gasteiger partial charge in [0.2, 0.25) is 0 Å². The van der Waals surface area contributed by atoms with Crippen molar-refractivity contribution in [3.63, 3.8) is 0 Å². The van der Waals surface area contributed by atoms with Crippen LogP contribution < -0.4 is 4.90 Å². The van der Waals surface area contributed by atoms with Crippen LogP contribution in [0, 0.1) is 4.51 Å². The van der Waals surface area contributed by atoms with Crippen LogP contribution in [0.3, 0.4) is 0 Å². The molecule has 0 saturated carbocycles. The van der Waals surface area contributed by atoms with Crippen LogP contribution in [0.1, 0.15) is 19.3 Å². The van der Waals surface area contributed by atoms with Gasteiger partial charge in [0.15, 0.2) is 5.88 Å². The zero-order valence-electron chi connectivity index (χ0n) is 9.69. The summed E-state index contributed by atoms with van der Waals surface area (Å²) in [4.78, 5) is 2.30. The van der Waals surface area contributed by atoms with E-state index >= 15 is 0 Å². The second kappa shape index (κ2) is 4.49. The van der Waals surface area contributed by atoms with Gasteiger partial charge >= 0.3 is 0 Å². The Labute approximate surface area is 106 Å². The van der Waals surface area contributed by atoms with E-state index in [-0.39, 0.29) is 0 Å². The topological polar surface area (TPSA) is 16.4 Å². The van der Waals surface area contributed by atoms with E-state index in [0.717, 1.165) is 34.5 Å². The summed E-state index contributed by atoms with van der Waals surface area (Å²) in [6.07, 6.45) is 3.81. The number of rotatable bonds is 1.